The zero-order valence-corrected chi connectivity index (χ0v) is 14.4. The SMILES string of the molecule is C#Cc1cc(F)cc(Oc2ccc3c(c2C#N)C(C)(O)C(F)(F)S3(=O)=O)c1. The standard InChI is InChI=1S/C18H10F3NO4S/c1-3-10-6-11(19)8-12(7-10)26-14-4-5-15-16(13(14)9-22)17(2,23)18(20,21)27(15,24)25/h1,4-8,23H,2H3. The second-order valence-electron chi connectivity index (χ2n) is 5.94. The molecule has 0 fully saturated rings. The van der Waals surface area contributed by atoms with Gasteiger partial charge in [0, 0.05) is 17.2 Å². The Bertz CT molecular complexity index is 1160. The van der Waals surface area contributed by atoms with Gasteiger partial charge < -0.3 is 9.84 Å². The number of fused-ring (bicyclic) bond motifs is 1. The molecule has 0 radical (unpaired) electrons. The van der Waals surface area contributed by atoms with E-state index < -0.39 is 42.5 Å². The van der Waals surface area contributed by atoms with E-state index >= 15 is 0 Å². The lowest BCUT2D eigenvalue weighted by atomic mass is 9.91. The van der Waals surface area contributed by atoms with Gasteiger partial charge in [0.15, 0.2) is 5.60 Å². The van der Waals surface area contributed by atoms with E-state index in [1.54, 1.807) is 6.07 Å². The van der Waals surface area contributed by atoms with Crippen LogP contribution in [0.25, 0.3) is 0 Å². The number of terminal acetylenes is 1. The average molecular weight is 393 g/mol. The average Bonchev–Trinajstić information content (AvgIpc) is 2.69. The van der Waals surface area contributed by atoms with Gasteiger partial charge >= 0.3 is 5.25 Å². The molecule has 1 N–H and O–H groups in total. The van der Waals surface area contributed by atoms with E-state index in [1.807, 2.05) is 0 Å². The van der Waals surface area contributed by atoms with Crippen LogP contribution in [0.4, 0.5) is 13.2 Å². The number of hydrogen-bond acceptors (Lipinski definition) is 5. The van der Waals surface area contributed by atoms with Crippen molar-refractivity contribution in [2.24, 2.45) is 0 Å². The Hall–Kier alpha value is -3.01. The summed E-state index contributed by atoms with van der Waals surface area (Å²) >= 11 is 0. The molecular weight excluding hydrogens is 383 g/mol. The third-order valence-corrected chi connectivity index (χ3v) is 6.18. The van der Waals surface area contributed by atoms with Crippen molar-refractivity contribution in [2.75, 3.05) is 0 Å². The lowest BCUT2D eigenvalue weighted by Gasteiger charge is -2.25. The van der Waals surface area contributed by atoms with Crippen LogP contribution in [0.5, 0.6) is 11.5 Å². The van der Waals surface area contributed by atoms with Crippen molar-refractivity contribution in [1.29, 1.82) is 5.26 Å². The second-order valence-corrected chi connectivity index (χ2v) is 7.90. The lowest BCUT2D eigenvalue weighted by molar-refractivity contribution is -0.115. The summed E-state index contributed by atoms with van der Waals surface area (Å²) in [6.45, 7) is 0.597. The van der Waals surface area contributed by atoms with Crippen molar-refractivity contribution in [3.63, 3.8) is 0 Å². The van der Waals surface area contributed by atoms with Gasteiger partial charge in [0.1, 0.15) is 28.9 Å². The maximum Gasteiger partial charge on any atom is 0.381 e. The number of nitrogens with zero attached hydrogens (tertiary/aromatic N) is 1. The fraction of sp³-hybridized carbons (Fsp3) is 0.167. The molecule has 2 aromatic carbocycles. The zero-order valence-electron chi connectivity index (χ0n) is 13.6. The molecule has 138 valence electrons. The molecule has 1 aliphatic heterocycles. The monoisotopic (exact) mass is 393 g/mol. The van der Waals surface area contributed by atoms with Gasteiger partial charge in [-0.1, -0.05) is 5.92 Å². The summed E-state index contributed by atoms with van der Waals surface area (Å²) in [6, 6.07) is 6.62. The third-order valence-electron chi connectivity index (χ3n) is 4.19. The van der Waals surface area contributed by atoms with Crippen LogP contribution in [-0.2, 0) is 15.4 Å². The van der Waals surface area contributed by atoms with Crippen molar-refractivity contribution in [3.8, 4) is 29.9 Å². The minimum atomic E-state index is -5.21. The summed E-state index contributed by atoms with van der Waals surface area (Å²) in [7, 11) is -5.21. The molecular formula is C18H10F3NO4S. The van der Waals surface area contributed by atoms with Gasteiger partial charge in [0.2, 0.25) is 9.84 Å². The summed E-state index contributed by atoms with van der Waals surface area (Å²) < 4.78 is 71.6. The molecule has 27 heavy (non-hydrogen) atoms. The van der Waals surface area contributed by atoms with Gasteiger partial charge in [-0.05, 0) is 31.2 Å². The minimum Gasteiger partial charge on any atom is -0.456 e. The van der Waals surface area contributed by atoms with E-state index in [1.165, 1.54) is 6.07 Å². The highest BCUT2D eigenvalue weighted by atomic mass is 32.2. The highest BCUT2D eigenvalue weighted by molar-refractivity contribution is 7.93. The largest absolute Gasteiger partial charge is 0.456 e. The summed E-state index contributed by atoms with van der Waals surface area (Å²) in [5, 5.41) is 15.1. The highest BCUT2D eigenvalue weighted by Crippen LogP contribution is 2.55. The number of halogens is 3. The quantitative estimate of drug-likeness (QED) is 0.793. The smallest absolute Gasteiger partial charge is 0.381 e. The molecule has 9 heteroatoms. The highest BCUT2D eigenvalue weighted by Gasteiger charge is 2.68. The summed E-state index contributed by atoms with van der Waals surface area (Å²) in [4.78, 5) is -0.870. The molecule has 2 aromatic rings. The number of aliphatic hydroxyl groups is 1. The molecule has 0 bridgehead atoms. The Labute approximate surface area is 152 Å². The van der Waals surface area contributed by atoms with Crippen LogP contribution in [0.2, 0.25) is 0 Å². The van der Waals surface area contributed by atoms with Crippen LogP contribution in [0, 0.1) is 29.5 Å². The van der Waals surface area contributed by atoms with E-state index in [4.69, 9.17) is 11.2 Å². The van der Waals surface area contributed by atoms with Gasteiger partial charge in [-0.15, -0.1) is 6.42 Å². The molecule has 1 aliphatic rings. The van der Waals surface area contributed by atoms with Gasteiger partial charge in [0.25, 0.3) is 0 Å². The maximum absolute atomic E-state index is 14.3. The summed E-state index contributed by atoms with van der Waals surface area (Å²) in [5.74, 6) is 0.992. The first-order valence-corrected chi connectivity index (χ1v) is 8.83. The number of nitriles is 1. The number of benzene rings is 2. The predicted molar refractivity (Wildman–Crippen MR) is 87.3 cm³/mol. The number of rotatable bonds is 2. The molecule has 0 aliphatic carbocycles. The molecule has 1 atom stereocenters. The molecule has 1 heterocycles. The zero-order chi connectivity index (χ0) is 20.2. The molecule has 3 rings (SSSR count). The van der Waals surface area contributed by atoms with E-state index in [0.717, 1.165) is 24.3 Å². The number of hydrogen-bond donors (Lipinski definition) is 1. The topological polar surface area (TPSA) is 87.4 Å². The van der Waals surface area contributed by atoms with Crippen LogP contribution in [0.15, 0.2) is 35.2 Å². The van der Waals surface area contributed by atoms with Crippen molar-refractivity contribution >= 4 is 9.84 Å². The van der Waals surface area contributed by atoms with Gasteiger partial charge in [-0.25, -0.2) is 12.8 Å². The molecule has 0 saturated carbocycles. The Morgan fingerprint density at radius 3 is 2.52 bits per heavy atom. The Morgan fingerprint density at radius 2 is 1.93 bits per heavy atom. The van der Waals surface area contributed by atoms with Crippen molar-refractivity contribution < 1.29 is 31.4 Å². The lowest BCUT2D eigenvalue weighted by Crippen LogP contribution is -2.42. The Balaban J connectivity index is 2.23. The third kappa shape index (κ3) is 2.47. The fourth-order valence-corrected chi connectivity index (χ4v) is 4.56. The Kier molecular flexibility index (Phi) is 3.99. The Morgan fingerprint density at radius 1 is 1.26 bits per heavy atom. The molecule has 1 unspecified atom stereocenters. The molecule has 0 aromatic heterocycles. The van der Waals surface area contributed by atoms with Crippen LogP contribution < -0.4 is 4.74 Å². The second kappa shape index (κ2) is 5.74. The van der Waals surface area contributed by atoms with Crippen LogP contribution in [0.1, 0.15) is 23.6 Å². The molecule has 5 nitrogen and oxygen atoms in total. The van der Waals surface area contributed by atoms with E-state index in [-0.39, 0.29) is 17.1 Å². The molecule has 0 amide bonds. The van der Waals surface area contributed by atoms with Crippen molar-refractivity contribution in [3.05, 3.63) is 52.8 Å². The van der Waals surface area contributed by atoms with E-state index in [9.17, 15) is 32.0 Å². The predicted octanol–water partition coefficient (Wildman–Crippen LogP) is 3.06. The van der Waals surface area contributed by atoms with Gasteiger partial charge in [-0.2, -0.15) is 14.0 Å². The first-order chi connectivity index (χ1) is 12.5. The first-order valence-electron chi connectivity index (χ1n) is 7.35. The summed E-state index contributed by atoms with van der Waals surface area (Å²) in [5.41, 5.74) is -4.41. The van der Waals surface area contributed by atoms with E-state index in [0.29, 0.717) is 6.92 Å². The van der Waals surface area contributed by atoms with Crippen molar-refractivity contribution in [2.45, 2.75) is 22.7 Å². The number of ether oxygens (including phenoxy) is 1. The van der Waals surface area contributed by atoms with Crippen LogP contribution >= 0.6 is 0 Å². The van der Waals surface area contributed by atoms with E-state index in [2.05, 4.69) is 5.92 Å². The normalized spacial score (nSPS) is 21.7. The van der Waals surface area contributed by atoms with Crippen molar-refractivity contribution in [1.82, 2.24) is 0 Å². The van der Waals surface area contributed by atoms with Crippen LogP contribution in [0.3, 0.4) is 0 Å². The maximum atomic E-state index is 14.3. The van der Waals surface area contributed by atoms with Crippen LogP contribution in [-0.4, -0.2) is 18.8 Å². The minimum absolute atomic E-state index is 0.130. The number of sulfone groups is 1. The van der Waals surface area contributed by atoms with Gasteiger partial charge in [0.05, 0.1) is 4.90 Å². The first kappa shape index (κ1) is 18.8. The molecule has 0 spiro atoms. The number of alkyl halides is 2. The summed E-state index contributed by atoms with van der Waals surface area (Å²) in [6.07, 6.45) is 5.20. The molecule has 0 saturated heterocycles. The fourth-order valence-electron chi connectivity index (χ4n) is 2.84. The van der Waals surface area contributed by atoms with Gasteiger partial charge in [-0.3, -0.25) is 0 Å².